The van der Waals surface area contributed by atoms with E-state index in [9.17, 15) is 9.59 Å². The van der Waals surface area contributed by atoms with Gasteiger partial charge in [-0.1, -0.05) is 6.07 Å². The van der Waals surface area contributed by atoms with Crippen molar-refractivity contribution in [3.63, 3.8) is 0 Å². The fraction of sp³-hybridized carbons (Fsp3) is 0.100. The summed E-state index contributed by atoms with van der Waals surface area (Å²) in [5.41, 5.74) is 2.44. The fourth-order valence-corrected chi connectivity index (χ4v) is 2.84. The molecule has 0 fully saturated rings. The molecule has 1 aromatic carbocycles. The molecule has 3 heterocycles. The number of pyridine rings is 1. The summed E-state index contributed by atoms with van der Waals surface area (Å²) in [6, 6.07) is 12.5. The molecule has 0 aliphatic carbocycles. The predicted molar refractivity (Wildman–Crippen MR) is 108 cm³/mol. The van der Waals surface area contributed by atoms with E-state index in [2.05, 4.69) is 30.8 Å². The van der Waals surface area contributed by atoms with Crippen LogP contribution in [0.25, 0.3) is 11.5 Å². The molecule has 0 radical (unpaired) electrons. The predicted octanol–water partition coefficient (Wildman–Crippen LogP) is 1.52. The summed E-state index contributed by atoms with van der Waals surface area (Å²) in [7, 11) is 0. The molecule has 2 amide bonds. The molecule has 0 saturated carbocycles. The number of aromatic nitrogens is 6. The van der Waals surface area contributed by atoms with Gasteiger partial charge in [-0.15, -0.1) is 0 Å². The molecular weight excluding hydrogens is 384 g/mol. The Morgan fingerprint density at radius 1 is 1.07 bits per heavy atom. The maximum atomic E-state index is 12.5. The van der Waals surface area contributed by atoms with Crippen molar-refractivity contribution < 1.29 is 9.59 Å². The van der Waals surface area contributed by atoms with E-state index in [1.54, 1.807) is 65.2 Å². The van der Waals surface area contributed by atoms with E-state index in [0.717, 1.165) is 5.69 Å². The second kappa shape index (κ2) is 8.35. The van der Waals surface area contributed by atoms with Gasteiger partial charge in [-0.3, -0.25) is 9.59 Å². The molecule has 0 atom stereocenters. The van der Waals surface area contributed by atoms with Crippen LogP contribution in [0.3, 0.4) is 0 Å². The normalized spacial score (nSPS) is 10.6. The molecule has 30 heavy (non-hydrogen) atoms. The topological polar surface area (TPSA) is 120 Å². The van der Waals surface area contributed by atoms with Crippen LogP contribution in [-0.2, 0) is 4.79 Å². The molecule has 0 aliphatic heterocycles. The van der Waals surface area contributed by atoms with E-state index in [1.165, 1.54) is 12.5 Å². The van der Waals surface area contributed by atoms with Gasteiger partial charge in [0.15, 0.2) is 5.82 Å². The molecular formula is C20H18N8O2. The van der Waals surface area contributed by atoms with Gasteiger partial charge in [-0.25, -0.2) is 19.3 Å². The number of nitrogens with one attached hydrogen (secondary N) is 2. The minimum Gasteiger partial charge on any atom is -0.343 e. The third-order valence-corrected chi connectivity index (χ3v) is 4.36. The first-order valence-corrected chi connectivity index (χ1v) is 9.11. The lowest BCUT2D eigenvalue weighted by molar-refractivity contribution is -0.115. The Morgan fingerprint density at radius 3 is 2.60 bits per heavy atom. The molecule has 0 aliphatic rings. The zero-order valence-electron chi connectivity index (χ0n) is 16.1. The Balaban J connectivity index is 1.34. The van der Waals surface area contributed by atoms with Crippen molar-refractivity contribution in [3.8, 4) is 11.5 Å². The van der Waals surface area contributed by atoms with Gasteiger partial charge in [0.1, 0.15) is 12.7 Å². The van der Waals surface area contributed by atoms with E-state index in [0.29, 0.717) is 22.8 Å². The van der Waals surface area contributed by atoms with Crippen LogP contribution in [0.2, 0.25) is 0 Å². The molecule has 3 aromatic heterocycles. The van der Waals surface area contributed by atoms with E-state index >= 15 is 0 Å². The zero-order valence-corrected chi connectivity index (χ0v) is 16.1. The highest BCUT2D eigenvalue weighted by atomic mass is 16.2. The average molecular weight is 402 g/mol. The Labute approximate surface area is 171 Å². The Bertz CT molecular complexity index is 1150. The lowest BCUT2D eigenvalue weighted by atomic mass is 10.2. The number of hydrogen-bond donors (Lipinski definition) is 2. The van der Waals surface area contributed by atoms with Crippen molar-refractivity contribution in [1.82, 2.24) is 34.8 Å². The number of hydrogen-bond acceptors (Lipinski definition) is 6. The van der Waals surface area contributed by atoms with E-state index in [1.807, 2.05) is 6.07 Å². The van der Waals surface area contributed by atoms with Gasteiger partial charge in [-0.2, -0.15) is 10.2 Å². The van der Waals surface area contributed by atoms with E-state index in [4.69, 9.17) is 0 Å². The van der Waals surface area contributed by atoms with Gasteiger partial charge in [0.25, 0.3) is 5.91 Å². The van der Waals surface area contributed by atoms with Crippen LogP contribution in [0.15, 0.2) is 67.5 Å². The van der Waals surface area contributed by atoms with Gasteiger partial charge < -0.3 is 10.6 Å². The molecule has 4 rings (SSSR count). The minimum atomic E-state index is -0.383. The monoisotopic (exact) mass is 402 g/mol. The van der Waals surface area contributed by atoms with Gasteiger partial charge >= 0.3 is 0 Å². The Hall–Kier alpha value is -4.34. The van der Waals surface area contributed by atoms with Crippen molar-refractivity contribution in [2.45, 2.75) is 6.92 Å². The van der Waals surface area contributed by atoms with Crippen LogP contribution in [0, 0.1) is 6.92 Å². The lowest BCUT2D eigenvalue weighted by Gasteiger charge is -2.08. The van der Waals surface area contributed by atoms with Crippen molar-refractivity contribution >= 4 is 17.5 Å². The molecule has 0 saturated heterocycles. The van der Waals surface area contributed by atoms with Crippen LogP contribution in [-0.4, -0.2) is 47.9 Å². The first-order chi connectivity index (χ1) is 14.6. The first-order valence-electron chi connectivity index (χ1n) is 9.11. The van der Waals surface area contributed by atoms with Crippen LogP contribution in [0.5, 0.6) is 0 Å². The van der Waals surface area contributed by atoms with Crippen LogP contribution < -0.4 is 10.6 Å². The average Bonchev–Trinajstić information content (AvgIpc) is 3.43. The maximum absolute atomic E-state index is 12.5. The molecule has 4 aromatic rings. The fourth-order valence-electron chi connectivity index (χ4n) is 2.84. The zero-order chi connectivity index (χ0) is 20.9. The molecule has 0 spiro atoms. The third kappa shape index (κ3) is 4.07. The molecule has 0 bridgehead atoms. The van der Waals surface area contributed by atoms with Crippen molar-refractivity contribution in [2.24, 2.45) is 0 Å². The maximum Gasteiger partial charge on any atom is 0.255 e. The number of rotatable bonds is 6. The van der Waals surface area contributed by atoms with Gasteiger partial charge in [0.05, 0.1) is 29.7 Å². The lowest BCUT2D eigenvalue weighted by Crippen LogP contribution is -2.33. The minimum absolute atomic E-state index is 0.169. The molecule has 10 heteroatoms. The van der Waals surface area contributed by atoms with Crippen LogP contribution in [0.1, 0.15) is 16.1 Å². The number of amides is 2. The van der Waals surface area contributed by atoms with Gasteiger partial charge in [-0.05, 0) is 43.3 Å². The summed E-state index contributed by atoms with van der Waals surface area (Å²) < 4.78 is 3.19. The van der Waals surface area contributed by atoms with Crippen LogP contribution in [0.4, 0.5) is 5.69 Å². The number of anilines is 1. The van der Waals surface area contributed by atoms with Gasteiger partial charge in [0.2, 0.25) is 5.91 Å². The Morgan fingerprint density at radius 2 is 1.90 bits per heavy atom. The highest BCUT2D eigenvalue weighted by Crippen LogP contribution is 2.13. The number of nitrogens with zero attached hydrogens (tertiary/aromatic N) is 6. The standard InChI is InChI=1S/C20H18N8O2/c1-14-17(10-24-28(14)18-4-2-3-9-22-18)20(30)23-11-19(29)26-15-5-7-16(8-6-15)27-13-21-12-25-27/h2-10,12-13H,11H2,1H3,(H,23,30)(H,26,29). The second-order valence-corrected chi connectivity index (χ2v) is 6.36. The van der Waals surface area contributed by atoms with Crippen molar-refractivity contribution in [2.75, 3.05) is 11.9 Å². The summed E-state index contributed by atoms with van der Waals surface area (Å²) in [4.78, 5) is 32.8. The molecule has 10 nitrogen and oxygen atoms in total. The smallest absolute Gasteiger partial charge is 0.255 e. The van der Waals surface area contributed by atoms with E-state index in [-0.39, 0.29) is 18.4 Å². The first kappa shape index (κ1) is 19.0. The summed E-state index contributed by atoms with van der Waals surface area (Å²) >= 11 is 0. The third-order valence-electron chi connectivity index (χ3n) is 4.36. The van der Waals surface area contributed by atoms with E-state index < -0.39 is 0 Å². The Kier molecular flexibility index (Phi) is 5.29. The van der Waals surface area contributed by atoms with Gasteiger partial charge in [0, 0.05) is 11.9 Å². The summed E-state index contributed by atoms with van der Waals surface area (Å²) in [5, 5.41) is 13.6. The van der Waals surface area contributed by atoms with Crippen LogP contribution >= 0.6 is 0 Å². The summed E-state index contributed by atoms with van der Waals surface area (Å²) in [6.45, 7) is 1.60. The summed E-state index contributed by atoms with van der Waals surface area (Å²) in [6.07, 6.45) is 6.14. The summed E-state index contributed by atoms with van der Waals surface area (Å²) in [5.74, 6) is -0.112. The highest BCUT2D eigenvalue weighted by molar-refractivity contribution is 5.99. The largest absolute Gasteiger partial charge is 0.343 e. The quantitative estimate of drug-likeness (QED) is 0.505. The SMILES string of the molecule is Cc1c(C(=O)NCC(=O)Nc2ccc(-n3cncn3)cc2)cnn1-c1ccccn1. The number of benzene rings is 1. The van der Waals surface area contributed by atoms with Crippen molar-refractivity contribution in [1.29, 1.82) is 0 Å². The highest BCUT2D eigenvalue weighted by Gasteiger charge is 2.16. The molecule has 150 valence electrons. The number of carbonyl (C=O) groups excluding carboxylic acids is 2. The molecule has 0 unspecified atom stereocenters. The second-order valence-electron chi connectivity index (χ2n) is 6.36. The molecule has 2 N–H and O–H groups in total. The number of carbonyl (C=O) groups is 2. The van der Waals surface area contributed by atoms with Crippen molar-refractivity contribution in [3.05, 3.63) is 78.8 Å².